The van der Waals surface area contributed by atoms with Gasteiger partial charge in [0.15, 0.2) is 0 Å². The van der Waals surface area contributed by atoms with Gasteiger partial charge in [-0.05, 0) is 19.1 Å². The number of nitrogens with one attached hydrogen (secondary N) is 1. The number of carbonyl (C=O) groups is 1. The van der Waals surface area contributed by atoms with Crippen molar-refractivity contribution in [3.63, 3.8) is 0 Å². The van der Waals surface area contributed by atoms with Crippen molar-refractivity contribution >= 4 is 16.9 Å². The Hall–Kier alpha value is -2.69. The van der Waals surface area contributed by atoms with Crippen molar-refractivity contribution < 1.29 is 9.53 Å². The van der Waals surface area contributed by atoms with E-state index in [1.165, 1.54) is 7.11 Å². The average Bonchev–Trinajstić information content (AvgIpc) is 2.90. The van der Waals surface area contributed by atoms with Gasteiger partial charge in [0, 0.05) is 28.9 Å². The molecule has 0 saturated carbocycles. The molecular weight excluding hydrogens is 254 g/mol. The number of carbonyl (C=O) groups excluding carboxylic acids is 1. The number of rotatable bonds is 2. The van der Waals surface area contributed by atoms with Crippen molar-refractivity contribution in [1.29, 1.82) is 0 Å². The first-order chi connectivity index (χ1) is 9.69. The second-order valence-electron chi connectivity index (χ2n) is 4.47. The Kier molecular flexibility index (Phi) is 2.95. The molecule has 0 amide bonds. The van der Waals surface area contributed by atoms with Crippen LogP contribution in [0.15, 0.2) is 36.7 Å². The predicted octanol–water partition coefficient (Wildman–Crippen LogP) is 2.72. The van der Waals surface area contributed by atoms with E-state index in [2.05, 4.69) is 15.0 Å². The highest BCUT2D eigenvalue weighted by molar-refractivity contribution is 5.95. The topological polar surface area (TPSA) is 67.9 Å². The number of H-pyrrole nitrogens is 1. The Morgan fingerprint density at radius 1 is 1.20 bits per heavy atom. The van der Waals surface area contributed by atoms with Crippen molar-refractivity contribution in [1.82, 2.24) is 15.0 Å². The largest absolute Gasteiger partial charge is 0.464 e. The number of methoxy groups -OCH3 is 1. The van der Waals surface area contributed by atoms with Crippen LogP contribution in [0.2, 0.25) is 0 Å². The molecule has 0 atom stereocenters. The molecule has 3 rings (SSSR count). The number of aromatic nitrogens is 3. The minimum Gasteiger partial charge on any atom is -0.464 e. The molecule has 0 saturated heterocycles. The number of fused-ring (bicyclic) bond motifs is 1. The average molecular weight is 267 g/mol. The molecule has 20 heavy (non-hydrogen) atoms. The zero-order chi connectivity index (χ0) is 14.1. The highest BCUT2D eigenvalue weighted by Gasteiger charge is 2.11. The van der Waals surface area contributed by atoms with Crippen molar-refractivity contribution in [2.45, 2.75) is 6.92 Å². The lowest BCUT2D eigenvalue weighted by atomic mass is 10.1. The lowest BCUT2D eigenvalue weighted by molar-refractivity contribution is 0.0595. The molecule has 0 aliphatic rings. The van der Waals surface area contributed by atoms with E-state index in [0.717, 1.165) is 27.9 Å². The molecular formula is C15H13N3O2. The van der Waals surface area contributed by atoms with Crippen LogP contribution < -0.4 is 0 Å². The van der Waals surface area contributed by atoms with Gasteiger partial charge in [-0.2, -0.15) is 0 Å². The van der Waals surface area contributed by atoms with Gasteiger partial charge in [-0.15, -0.1) is 0 Å². The first-order valence-electron chi connectivity index (χ1n) is 6.18. The molecule has 0 radical (unpaired) electrons. The summed E-state index contributed by atoms with van der Waals surface area (Å²) in [6, 6.07) is 7.64. The molecule has 2 heterocycles. The third-order valence-corrected chi connectivity index (χ3v) is 3.18. The Bertz CT molecular complexity index is 793. The minimum atomic E-state index is -0.376. The third kappa shape index (κ3) is 2.03. The van der Waals surface area contributed by atoms with E-state index in [1.807, 2.05) is 25.1 Å². The standard InChI is InChI=1S/C15H13N3O2/c1-9-14(17-6-5-16-9)11-4-3-10-7-13(15(19)20-2)18-12(10)8-11/h3-8,18H,1-2H3. The molecule has 5 heteroatoms. The van der Waals surface area contributed by atoms with Gasteiger partial charge in [-0.3, -0.25) is 9.97 Å². The first-order valence-corrected chi connectivity index (χ1v) is 6.18. The molecule has 0 fully saturated rings. The van der Waals surface area contributed by atoms with Crippen molar-refractivity contribution in [2.75, 3.05) is 7.11 Å². The minimum absolute atomic E-state index is 0.376. The van der Waals surface area contributed by atoms with Crippen molar-refractivity contribution in [3.8, 4) is 11.3 Å². The van der Waals surface area contributed by atoms with E-state index in [1.54, 1.807) is 18.5 Å². The van der Waals surface area contributed by atoms with Gasteiger partial charge in [-0.1, -0.05) is 12.1 Å². The second-order valence-corrected chi connectivity index (χ2v) is 4.47. The summed E-state index contributed by atoms with van der Waals surface area (Å²) in [7, 11) is 1.36. The lowest BCUT2D eigenvalue weighted by Gasteiger charge is -2.03. The molecule has 0 aliphatic carbocycles. The van der Waals surface area contributed by atoms with Crippen LogP contribution in [0.3, 0.4) is 0 Å². The van der Waals surface area contributed by atoms with Gasteiger partial charge in [0.25, 0.3) is 0 Å². The summed E-state index contributed by atoms with van der Waals surface area (Å²) in [5, 5.41) is 0.954. The Morgan fingerprint density at radius 3 is 2.75 bits per heavy atom. The quantitative estimate of drug-likeness (QED) is 0.725. The van der Waals surface area contributed by atoms with Gasteiger partial charge in [0.05, 0.1) is 18.5 Å². The van der Waals surface area contributed by atoms with Crippen molar-refractivity contribution in [2.24, 2.45) is 0 Å². The van der Waals surface area contributed by atoms with E-state index >= 15 is 0 Å². The number of esters is 1. The van der Waals surface area contributed by atoms with Crippen LogP contribution in [-0.4, -0.2) is 28.0 Å². The van der Waals surface area contributed by atoms with Crippen LogP contribution in [0, 0.1) is 6.92 Å². The summed E-state index contributed by atoms with van der Waals surface area (Å²) in [5.74, 6) is -0.376. The molecule has 1 aromatic carbocycles. The van der Waals surface area contributed by atoms with Crippen LogP contribution in [0.4, 0.5) is 0 Å². The zero-order valence-electron chi connectivity index (χ0n) is 11.2. The summed E-state index contributed by atoms with van der Waals surface area (Å²) in [6.07, 6.45) is 3.34. The number of hydrogen-bond donors (Lipinski definition) is 1. The number of ether oxygens (including phenoxy) is 1. The number of aromatic amines is 1. The molecule has 5 nitrogen and oxygen atoms in total. The van der Waals surface area contributed by atoms with Gasteiger partial charge in [-0.25, -0.2) is 4.79 Å². The number of hydrogen-bond acceptors (Lipinski definition) is 4. The van der Waals surface area contributed by atoms with Crippen LogP contribution in [0.5, 0.6) is 0 Å². The number of nitrogens with zero attached hydrogens (tertiary/aromatic N) is 2. The SMILES string of the molecule is COC(=O)c1cc2ccc(-c3nccnc3C)cc2[nH]1. The summed E-state index contributed by atoms with van der Waals surface area (Å²) >= 11 is 0. The Morgan fingerprint density at radius 2 is 2.00 bits per heavy atom. The molecule has 1 N–H and O–H groups in total. The maximum Gasteiger partial charge on any atom is 0.354 e. The normalized spacial score (nSPS) is 10.7. The summed E-state index contributed by atoms with van der Waals surface area (Å²) in [5.41, 5.74) is 3.97. The smallest absolute Gasteiger partial charge is 0.354 e. The third-order valence-electron chi connectivity index (χ3n) is 3.18. The van der Waals surface area contributed by atoms with E-state index < -0.39 is 0 Å². The Balaban J connectivity index is 2.11. The summed E-state index contributed by atoms with van der Waals surface area (Å²) in [4.78, 5) is 23.2. The molecule has 0 bridgehead atoms. The fraction of sp³-hybridized carbons (Fsp3) is 0.133. The van der Waals surface area contributed by atoms with Crippen LogP contribution in [0.25, 0.3) is 22.2 Å². The van der Waals surface area contributed by atoms with E-state index in [4.69, 9.17) is 4.74 Å². The number of aryl methyl sites for hydroxylation is 1. The summed E-state index contributed by atoms with van der Waals surface area (Å²) in [6.45, 7) is 1.92. The Labute approximate surface area is 115 Å². The highest BCUT2D eigenvalue weighted by atomic mass is 16.5. The molecule has 0 aliphatic heterocycles. The number of benzene rings is 1. The summed E-state index contributed by atoms with van der Waals surface area (Å²) < 4.78 is 4.71. The molecule has 2 aromatic heterocycles. The van der Waals surface area contributed by atoms with E-state index in [-0.39, 0.29) is 5.97 Å². The van der Waals surface area contributed by atoms with Gasteiger partial charge < -0.3 is 9.72 Å². The monoisotopic (exact) mass is 267 g/mol. The second kappa shape index (κ2) is 4.77. The van der Waals surface area contributed by atoms with Gasteiger partial charge >= 0.3 is 5.97 Å². The van der Waals surface area contributed by atoms with E-state index in [9.17, 15) is 4.79 Å². The maximum absolute atomic E-state index is 11.5. The fourth-order valence-electron chi connectivity index (χ4n) is 2.19. The van der Waals surface area contributed by atoms with Crippen LogP contribution in [-0.2, 0) is 4.74 Å². The highest BCUT2D eigenvalue weighted by Crippen LogP contribution is 2.24. The van der Waals surface area contributed by atoms with Crippen LogP contribution >= 0.6 is 0 Å². The molecule has 0 unspecified atom stereocenters. The predicted molar refractivity (Wildman–Crippen MR) is 75.4 cm³/mol. The lowest BCUT2D eigenvalue weighted by Crippen LogP contribution is -2.00. The van der Waals surface area contributed by atoms with Gasteiger partial charge in [0.1, 0.15) is 5.69 Å². The van der Waals surface area contributed by atoms with E-state index in [0.29, 0.717) is 5.69 Å². The molecule has 0 spiro atoms. The van der Waals surface area contributed by atoms with Gasteiger partial charge in [0.2, 0.25) is 0 Å². The van der Waals surface area contributed by atoms with Crippen molar-refractivity contribution in [3.05, 3.63) is 48.0 Å². The maximum atomic E-state index is 11.5. The molecule has 100 valence electrons. The first kappa shape index (κ1) is 12.3. The zero-order valence-corrected chi connectivity index (χ0v) is 11.2. The molecule has 3 aromatic rings. The fourth-order valence-corrected chi connectivity index (χ4v) is 2.19. The van der Waals surface area contributed by atoms with Crippen LogP contribution in [0.1, 0.15) is 16.2 Å².